The van der Waals surface area contributed by atoms with Gasteiger partial charge in [-0.15, -0.1) is 0 Å². The zero-order valence-electron chi connectivity index (χ0n) is 12.7. The van der Waals surface area contributed by atoms with Crippen LogP contribution in [0.4, 0.5) is 0 Å². The molecular weight excluding hydrogens is 272 g/mol. The molecule has 0 spiro atoms. The molecule has 1 atom stereocenters. The van der Waals surface area contributed by atoms with Crippen LogP contribution in [-0.2, 0) is 0 Å². The minimum atomic E-state index is -0.0867. The van der Waals surface area contributed by atoms with Crippen molar-refractivity contribution in [3.63, 3.8) is 0 Å². The van der Waals surface area contributed by atoms with E-state index in [0.29, 0.717) is 16.5 Å². The molecular formula is C15H24N2O2S. The van der Waals surface area contributed by atoms with Crippen molar-refractivity contribution in [2.45, 2.75) is 25.8 Å². The highest BCUT2D eigenvalue weighted by Crippen LogP contribution is 2.31. The Bertz CT molecular complexity index is 451. The van der Waals surface area contributed by atoms with Crippen molar-refractivity contribution in [2.24, 2.45) is 5.73 Å². The third-order valence-electron chi connectivity index (χ3n) is 3.30. The van der Waals surface area contributed by atoms with Gasteiger partial charge in [0, 0.05) is 0 Å². The summed E-state index contributed by atoms with van der Waals surface area (Å²) < 4.78 is 10.6. The van der Waals surface area contributed by atoms with Crippen LogP contribution in [0.3, 0.4) is 0 Å². The van der Waals surface area contributed by atoms with Crippen LogP contribution in [0.2, 0.25) is 0 Å². The molecule has 20 heavy (non-hydrogen) atoms. The van der Waals surface area contributed by atoms with Gasteiger partial charge in [0.25, 0.3) is 0 Å². The Hall–Kier alpha value is -1.33. The first-order valence-corrected chi connectivity index (χ1v) is 7.17. The van der Waals surface area contributed by atoms with Crippen LogP contribution in [0.15, 0.2) is 18.2 Å². The highest BCUT2D eigenvalue weighted by molar-refractivity contribution is 7.80. The summed E-state index contributed by atoms with van der Waals surface area (Å²) in [5.41, 5.74) is 6.94. The van der Waals surface area contributed by atoms with Crippen LogP contribution in [0.5, 0.6) is 11.5 Å². The summed E-state index contributed by atoms with van der Waals surface area (Å²) in [4.78, 5) is 2.64. The molecule has 5 heteroatoms. The average Bonchev–Trinajstić information content (AvgIpc) is 2.44. The van der Waals surface area contributed by atoms with E-state index in [2.05, 4.69) is 11.8 Å². The van der Waals surface area contributed by atoms with Gasteiger partial charge in [-0.3, -0.25) is 4.90 Å². The first-order valence-electron chi connectivity index (χ1n) is 6.76. The Balaban J connectivity index is 3.05. The summed E-state index contributed by atoms with van der Waals surface area (Å²) in [5.74, 6) is 1.39. The lowest BCUT2D eigenvalue weighted by molar-refractivity contribution is 0.295. The maximum atomic E-state index is 5.92. The van der Waals surface area contributed by atoms with Crippen LogP contribution in [0, 0.1) is 0 Å². The highest BCUT2D eigenvalue weighted by atomic mass is 32.1. The van der Waals surface area contributed by atoms with Crippen molar-refractivity contribution in [1.82, 2.24) is 4.90 Å². The summed E-state index contributed by atoms with van der Waals surface area (Å²) in [6.07, 6.45) is 2.25. The van der Waals surface area contributed by atoms with Crippen LogP contribution in [0.25, 0.3) is 0 Å². The van der Waals surface area contributed by atoms with Gasteiger partial charge >= 0.3 is 0 Å². The number of hydrogen-bond donors (Lipinski definition) is 1. The smallest absolute Gasteiger partial charge is 0.161 e. The van der Waals surface area contributed by atoms with Crippen molar-refractivity contribution in [3.8, 4) is 11.5 Å². The fourth-order valence-corrected chi connectivity index (χ4v) is 2.51. The van der Waals surface area contributed by atoms with Crippen LogP contribution >= 0.6 is 12.2 Å². The van der Waals surface area contributed by atoms with E-state index in [1.807, 2.05) is 25.2 Å². The summed E-state index contributed by atoms with van der Waals surface area (Å²) >= 11 is 5.23. The number of benzene rings is 1. The second kappa shape index (κ2) is 8.07. The molecule has 0 saturated heterocycles. The number of likely N-dealkylation sites (N-methyl/N-ethyl adjacent to an activating group) is 1. The molecule has 1 unspecified atom stereocenters. The van der Waals surface area contributed by atoms with Gasteiger partial charge in [-0.05, 0) is 37.7 Å². The minimum absolute atomic E-state index is 0.0867. The molecule has 1 aromatic carbocycles. The Morgan fingerprint density at radius 1 is 1.30 bits per heavy atom. The summed E-state index contributed by atoms with van der Waals surface area (Å²) in [6, 6.07) is 5.71. The zero-order valence-corrected chi connectivity index (χ0v) is 13.5. The van der Waals surface area contributed by atoms with Gasteiger partial charge < -0.3 is 15.2 Å². The molecule has 0 aliphatic heterocycles. The number of rotatable bonds is 8. The maximum Gasteiger partial charge on any atom is 0.161 e. The Morgan fingerprint density at radius 3 is 2.45 bits per heavy atom. The second-order valence-corrected chi connectivity index (χ2v) is 5.22. The van der Waals surface area contributed by atoms with Gasteiger partial charge in [-0.1, -0.05) is 31.6 Å². The lowest BCUT2D eigenvalue weighted by atomic mass is 10.0. The van der Waals surface area contributed by atoms with E-state index in [1.54, 1.807) is 14.2 Å². The topological polar surface area (TPSA) is 47.7 Å². The maximum absolute atomic E-state index is 5.92. The second-order valence-electron chi connectivity index (χ2n) is 4.75. The number of nitrogens with two attached hydrogens (primary N) is 1. The largest absolute Gasteiger partial charge is 0.493 e. The minimum Gasteiger partial charge on any atom is -0.493 e. The van der Waals surface area contributed by atoms with E-state index in [0.717, 1.165) is 24.9 Å². The molecule has 0 bridgehead atoms. The van der Waals surface area contributed by atoms with Gasteiger partial charge in [0.15, 0.2) is 11.5 Å². The third-order valence-corrected chi connectivity index (χ3v) is 3.52. The van der Waals surface area contributed by atoms with Crippen molar-refractivity contribution < 1.29 is 9.47 Å². The van der Waals surface area contributed by atoms with E-state index in [-0.39, 0.29) is 6.04 Å². The highest BCUT2D eigenvalue weighted by Gasteiger charge is 2.21. The monoisotopic (exact) mass is 296 g/mol. The number of ether oxygens (including phenoxy) is 2. The van der Waals surface area contributed by atoms with Crippen LogP contribution in [-0.4, -0.2) is 37.7 Å². The van der Waals surface area contributed by atoms with Gasteiger partial charge in [-0.25, -0.2) is 0 Å². The summed E-state index contributed by atoms with van der Waals surface area (Å²) in [6.45, 7) is 3.12. The van der Waals surface area contributed by atoms with Crippen molar-refractivity contribution in [2.75, 3.05) is 27.8 Å². The van der Waals surface area contributed by atoms with Crippen molar-refractivity contribution in [3.05, 3.63) is 23.8 Å². The molecule has 1 rings (SSSR count). The summed E-state index contributed by atoms with van der Waals surface area (Å²) in [7, 11) is 5.28. The SMILES string of the molecule is CCCCN(C)C(C(N)=S)c1ccc(OC)c(OC)c1. The third kappa shape index (κ3) is 4.08. The van der Waals surface area contributed by atoms with E-state index < -0.39 is 0 Å². The van der Waals surface area contributed by atoms with Gasteiger partial charge in [0.1, 0.15) is 0 Å². The Morgan fingerprint density at radius 2 is 1.95 bits per heavy atom. The standard InChI is InChI=1S/C15H24N2O2S/c1-5-6-9-17(2)14(15(16)20)11-7-8-12(18-3)13(10-11)19-4/h7-8,10,14H,5-6,9H2,1-4H3,(H2,16,20). The molecule has 0 amide bonds. The number of unbranched alkanes of at least 4 members (excludes halogenated alkanes) is 1. The lowest BCUT2D eigenvalue weighted by Crippen LogP contribution is -2.34. The van der Waals surface area contributed by atoms with Gasteiger partial charge in [0.2, 0.25) is 0 Å². The van der Waals surface area contributed by atoms with Crippen LogP contribution in [0.1, 0.15) is 31.4 Å². The zero-order chi connectivity index (χ0) is 15.1. The lowest BCUT2D eigenvalue weighted by Gasteiger charge is -2.28. The molecule has 112 valence electrons. The molecule has 0 aromatic heterocycles. The average molecular weight is 296 g/mol. The predicted octanol–water partition coefficient (Wildman–Crippen LogP) is 2.76. The van der Waals surface area contributed by atoms with E-state index in [4.69, 9.17) is 27.4 Å². The fraction of sp³-hybridized carbons (Fsp3) is 0.533. The first-order chi connectivity index (χ1) is 9.54. The number of hydrogen-bond acceptors (Lipinski definition) is 4. The summed E-state index contributed by atoms with van der Waals surface area (Å²) in [5, 5.41) is 0. The van der Waals surface area contributed by atoms with Gasteiger partial charge in [0.05, 0.1) is 25.2 Å². The molecule has 4 nitrogen and oxygen atoms in total. The fourth-order valence-electron chi connectivity index (χ4n) is 2.20. The first kappa shape index (κ1) is 16.7. The quantitative estimate of drug-likeness (QED) is 0.748. The molecule has 1 aromatic rings. The molecule has 2 N–H and O–H groups in total. The molecule has 0 fully saturated rings. The van der Waals surface area contributed by atoms with Crippen molar-refractivity contribution in [1.29, 1.82) is 0 Å². The van der Waals surface area contributed by atoms with E-state index in [1.165, 1.54) is 0 Å². The molecule has 0 heterocycles. The molecule has 0 aliphatic carbocycles. The van der Waals surface area contributed by atoms with Crippen molar-refractivity contribution >= 4 is 17.2 Å². The normalized spacial score (nSPS) is 12.2. The number of methoxy groups -OCH3 is 2. The molecule has 0 radical (unpaired) electrons. The Kier molecular flexibility index (Phi) is 6.75. The van der Waals surface area contributed by atoms with E-state index in [9.17, 15) is 0 Å². The Labute approximate surface area is 126 Å². The predicted molar refractivity (Wildman–Crippen MR) is 86.6 cm³/mol. The van der Waals surface area contributed by atoms with E-state index >= 15 is 0 Å². The number of nitrogens with zero attached hydrogens (tertiary/aromatic N) is 1. The van der Waals surface area contributed by atoms with Gasteiger partial charge in [-0.2, -0.15) is 0 Å². The van der Waals surface area contributed by atoms with Crippen LogP contribution < -0.4 is 15.2 Å². The molecule has 0 saturated carbocycles. The number of thiocarbonyl (C=S) groups is 1. The molecule has 0 aliphatic rings.